The lowest BCUT2D eigenvalue weighted by molar-refractivity contribution is 0.676. The van der Waals surface area contributed by atoms with E-state index in [9.17, 15) is 0 Å². The Hall–Kier alpha value is -1.80. The molecule has 108 valence electrons. The molecule has 1 aliphatic carbocycles. The number of nitrogens with zero attached hydrogens (tertiary/aromatic N) is 1. The predicted molar refractivity (Wildman–Crippen MR) is 87.5 cm³/mol. The molecule has 0 saturated heterocycles. The van der Waals surface area contributed by atoms with Crippen LogP contribution in [0.4, 0.5) is 5.69 Å². The van der Waals surface area contributed by atoms with Crippen LogP contribution < -0.4 is 10.2 Å². The van der Waals surface area contributed by atoms with Crippen molar-refractivity contribution in [3.8, 4) is 0 Å². The van der Waals surface area contributed by atoms with E-state index in [2.05, 4.69) is 58.7 Å². The van der Waals surface area contributed by atoms with Crippen molar-refractivity contribution < 1.29 is 0 Å². The first-order valence-electron chi connectivity index (χ1n) is 8.03. The average Bonchev–Trinajstić information content (AvgIpc) is 3.37. The number of benzene rings is 2. The first-order chi connectivity index (χ1) is 10.4. The van der Waals surface area contributed by atoms with Crippen LogP contribution in [0.5, 0.6) is 0 Å². The van der Waals surface area contributed by atoms with Crippen molar-refractivity contribution in [1.82, 2.24) is 5.32 Å². The van der Waals surface area contributed by atoms with Crippen molar-refractivity contribution in [1.29, 1.82) is 0 Å². The van der Waals surface area contributed by atoms with Crippen LogP contribution in [0.3, 0.4) is 0 Å². The standard InChI is InChI=1S/C19H22N2/c1-2-7-17-14-21(12-11-15(17)5-1)19-8-4-3-6-16(19)13-20-18-9-10-18/h1-8,18,20H,9-14H2. The van der Waals surface area contributed by atoms with Crippen LogP contribution in [0.1, 0.15) is 29.5 Å². The number of hydrogen-bond acceptors (Lipinski definition) is 2. The van der Waals surface area contributed by atoms with Gasteiger partial charge in [0.15, 0.2) is 0 Å². The number of hydrogen-bond donors (Lipinski definition) is 1. The summed E-state index contributed by atoms with van der Waals surface area (Å²) in [5.41, 5.74) is 5.83. The maximum atomic E-state index is 3.64. The minimum Gasteiger partial charge on any atom is -0.367 e. The fourth-order valence-corrected chi connectivity index (χ4v) is 3.21. The molecule has 1 saturated carbocycles. The van der Waals surface area contributed by atoms with E-state index in [0.717, 1.165) is 32.1 Å². The van der Waals surface area contributed by atoms with Gasteiger partial charge in [-0.1, -0.05) is 42.5 Å². The van der Waals surface area contributed by atoms with Crippen molar-refractivity contribution in [3.63, 3.8) is 0 Å². The van der Waals surface area contributed by atoms with Gasteiger partial charge in [-0.25, -0.2) is 0 Å². The molecule has 1 heterocycles. The van der Waals surface area contributed by atoms with Gasteiger partial charge in [0.05, 0.1) is 0 Å². The normalized spacial score (nSPS) is 17.6. The topological polar surface area (TPSA) is 15.3 Å². The zero-order valence-corrected chi connectivity index (χ0v) is 12.4. The summed E-state index contributed by atoms with van der Waals surface area (Å²) in [6, 6.07) is 18.5. The second-order valence-corrected chi connectivity index (χ2v) is 6.22. The van der Waals surface area contributed by atoms with Crippen LogP contribution >= 0.6 is 0 Å². The lowest BCUT2D eigenvalue weighted by Crippen LogP contribution is -2.31. The van der Waals surface area contributed by atoms with Crippen molar-refractivity contribution in [2.45, 2.75) is 38.4 Å². The van der Waals surface area contributed by atoms with Gasteiger partial charge in [0.1, 0.15) is 0 Å². The van der Waals surface area contributed by atoms with Crippen LogP contribution in [-0.2, 0) is 19.5 Å². The molecule has 2 nitrogen and oxygen atoms in total. The molecule has 0 amide bonds. The van der Waals surface area contributed by atoms with Gasteiger partial charge in [-0.15, -0.1) is 0 Å². The van der Waals surface area contributed by atoms with E-state index < -0.39 is 0 Å². The zero-order valence-electron chi connectivity index (χ0n) is 12.4. The third-order valence-electron chi connectivity index (χ3n) is 4.62. The summed E-state index contributed by atoms with van der Waals surface area (Å²) in [5, 5.41) is 3.64. The molecule has 0 bridgehead atoms. The van der Waals surface area contributed by atoms with Gasteiger partial charge in [-0.3, -0.25) is 0 Å². The number of rotatable bonds is 4. The molecular formula is C19H22N2. The van der Waals surface area contributed by atoms with E-state index in [1.165, 1.54) is 35.2 Å². The Bertz CT molecular complexity index is 631. The van der Waals surface area contributed by atoms with E-state index in [4.69, 9.17) is 0 Å². The molecular weight excluding hydrogens is 256 g/mol. The van der Waals surface area contributed by atoms with Gasteiger partial charge >= 0.3 is 0 Å². The molecule has 2 aromatic carbocycles. The highest BCUT2D eigenvalue weighted by Gasteiger charge is 2.22. The SMILES string of the molecule is c1ccc2c(c1)CCN(c1ccccc1CNC1CC1)C2. The third kappa shape index (κ3) is 2.81. The van der Waals surface area contributed by atoms with Crippen molar-refractivity contribution >= 4 is 5.69 Å². The van der Waals surface area contributed by atoms with Crippen molar-refractivity contribution in [2.24, 2.45) is 0 Å². The van der Waals surface area contributed by atoms with Crippen LogP contribution in [0.25, 0.3) is 0 Å². The van der Waals surface area contributed by atoms with Gasteiger partial charge in [0, 0.05) is 31.4 Å². The second kappa shape index (κ2) is 5.53. The summed E-state index contributed by atoms with van der Waals surface area (Å²) < 4.78 is 0. The zero-order chi connectivity index (χ0) is 14.1. The fourth-order valence-electron chi connectivity index (χ4n) is 3.21. The van der Waals surface area contributed by atoms with Gasteiger partial charge < -0.3 is 10.2 Å². The molecule has 0 radical (unpaired) electrons. The largest absolute Gasteiger partial charge is 0.367 e. The first kappa shape index (κ1) is 12.9. The van der Waals surface area contributed by atoms with Crippen LogP contribution in [0, 0.1) is 0 Å². The second-order valence-electron chi connectivity index (χ2n) is 6.22. The van der Waals surface area contributed by atoms with E-state index in [0.29, 0.717) is 0 Å². The maximum absolute atomic E-state index is 3.64. The number of fused-ring (bicyclic) bond motifs is 1. The summed E-state index contributed by atoms with van der Waals surface area (Å²) in [5.74, 6) is 0. The fraction of sp³-hybridized carbons (Fsp3) is 0.368. The Kier molecular flexibility index (Phi) is 3.40. The summed E-state index contributed by atoms with van der Waals surface area (Å²) in [4.78, 5) is 2.53. The highest BCUT2D eigenvalue weighted by molar-refractivity contribution is 5.55. The highest BCUT2D eigenvalue weighted by Crippen LogP contribution is 2.28. The lowest BCUT2D eigenvalue weighted by Gasteiger charge is -2.32. The monoisotopic (exact) mass is 278 g/mol. The van der Waals surface area contributed by atoms with Gasteiger partial charge in [-0.2, -0.15) is 0 Å². The molecule has 1 aliphatic heterocycles. The van der Waals surface area contributed by atoms with E-state index in [1.54, 1.807) is 0 Å². The first-order valence-corrected chi connectivity index (χ1v) is 8.03. The molecule has 1 N–H and O–H groups in total. The predicted octanol–water partition coefficient (Wildman–Crippen LogP) is 3.50. The number of anilines is 1. The quantitative estimate of drug-likeness (QED) is 0.921. The molecule has 4 rings (SSSR count). The highest BCUT2D eigenvalue weighted by atomic mass is 15.1. The number of nitrogens with one attached hydrogen (secondary N) is 1. The summed E-state index contributed by atoms with van der Waals surface area (Å²) >= 11 is 0. The molecule has 0 aromatic heterocycles. The minimum absolute atomic E-state index is 0.764. The number of para-hydroxylation sites is 1. The molecule has 2 aromatic rings. The average molecular weight is 278 g/mol. The summed E-state index contributed by atoms with van der Waals surface area (Å²) in [7, 11) is 0. The smallest absolute Gasteiger partial charge is 0.0432 e. The van der Waals surface area contributed by atoms with Crippen LogP contribution in [-0.4, -0.2) is 12.6 Å². The molecule has 0 atom stereocenters. The Morgan fingerprint density at radius 3 is 2.57 bits per heavy atom. The molecule has 2 aliphatic rings. The Morgan fingerprint density at radius 2 is 1.71 bits per heavy atom. The van der Waals surface area contributed by atoms with Gasteiger partial charge in [0.2, 0.25) is 0 Å². The lowest BCUT2D eigenvalue weighted by atomic mass is 9.98. The summed E-state index contributed by atoms with van der Waals surface area (Å²) in [6.45, 7) is 3.16. The third-order valence-corrected chi connectivity index (χ3v) is 4.62. The van der Waals surface area contributed by atoms with Crippen LogP contribution in [0.15, 0.2) is 48.5 Å². The van der Waals surface area contributed by atoms with Crippen molar-refractivity contribution in [3.05, 3.63) is 65.2 Å². The Labute approximate surface area is 126 Å². The van der Waals surface area contributed by atoms with E-state index >= 15 is 0 Å². The van der Waals surface area contributed by atoms with E-state index in [1.807, 2.05) is 0 Å². The minimum atomic E-state index is 0.764. The van der Waals surface area contributed by atoms with Gasteiger partial charge in [0.25, 0.3) is 0 Å². The molecule has 0 unspecified atom stereocenters. The molecule has 0 spiro atoms. The molecule has 1 fully saturated rings. The molecule has 2 heteroatoms. The van der Waals surface area contributed by atoms with E-state index in [-0.39, 0.29) is 0 Å². The summed E-state index contributed by atoms with van der Waals surface area (Å²) in [6.07, 6.45) is 3.85. The van der Waals surface area contributed by atoms with Gasteiger partial charge in [-0.05, 0) is 42.0 Å². The van der Waals surface area contributed by atoms with Crippen molar-refractivity contribution in [2.75, 3.05) is 11.4 Å². The Balaban J connectivity index is 1.56. The Morgan fingerprint density at radius 1 is 0.952 bits per heavy atom. The van der Waals surface area contributed by atoms with Crippen LogP contribution in [0.2, 0.25) is 0 Å². The maximum Gasteiger partial charge on any atom is 0.0432 e. The molecule has 21 heavy (non-hydrogen) atoms.